The van der Waals surface area contributed by atoms with E-state index in [0.29, 0.717) is 19.4 Å². The standard InChI is InChI=1S/C7H14FNO/c1-2-7(10)3-4-9-5-6(7)8/h6,9-10H,2-5H2,1H3/t6-,7+/m1/s1. The molecule has 0 aliphatic carbocycles. The number of nitrogens with one attached hydrogen (secondary N) is 1. The topological polar surface area (TPSA) is 32.3 Å². The highest BCUT2D eigenvalue weighted by atomic mass is 19.1. The Morgan fingerprint density at radius 2 is 2.50 bits per heavy atom. The molecule has 2 nitrogen and oxygen atoms in total. The summed E-state index contributed by atoms with van der Waals surface area (Å²) in [5.41, 5.74) is -1.05. The molecule has 60 valence electrons. The first-order valence-corrected chi connectivity index (χ1v) is 3.76. The van der Waals surface area contributed by atoms with Crippen LogP contribution in [0.15, 0.2) is 0 Å². The number of hydrogen-bond acceptors (Lipinski definition) is 2. The number of aliphatic hydroxyl groups is 1. The van der Waals surface area contributed by atoms with Gasteiger partial charge in [0.2, 0.25) is 0 Å². The summed E-state index contributed by atoms with van der Waals surface area (Å²) >= 11 is 0. The van der Waals surface area contributed by atoms with Gasteiger partial charge in [0, 0.05) is 6.54 Å². The Labute approximate surface area is 60.4 Å². The van der Waals surface area contributed by atoms with Crippen molar-refractivity contribution < 1.29 is 9.50 Å². The lowest BCUT2D eigenvalue weighted by atomic mass is 9.88. The van der Waals surface area contributed by atoms with Gasteiger partial charge in [-0.1, -0.05) is 6.92 Å². The molecule has 1 rings (SSSR count). The van der Waals surface area contributed by atoms with Crippen molar-refractivity contribution in [1.29, 1.82) is 0 Å². The average Bonchev–Trinajstić information content (AvgIpc) is 1.96. The van der Waals surface area contributed by atoms with Crippen molar-refractivity contribution in [3.63, 3.8) is 0 Å². The van der Waals surface area contributed by atoms with E-state index in [9.17, 15) is 9.50 Å². The largest absolute Gasteiger partial charge is 0.387 e. The third kappa shape index (κ3) is 1.30. The molecule has 2 N–H and O–H groups in total. The predicted octanol–water partition coefficient (Wildman–Crippen LogP) is 0.459. The molecular weight excluding hydrogens is 133 g/mol. The van der Waals surface area contributed by atoms with Gasteiger partial charge in [-0.3, -0.25) is 0 Å². The smallest absolute Gasteiger partial charge is 0.141 e. The molecule has 1 fully saturated rings. The molecule has 0 bridgehead atoms. The molecule has 10 heavy (non-hydrogen) atoms. The molecule has 0 unspecified atom stereocenters. The van der Waals surface area contributed by atoms with Crippen LogP contribution in [0.4, 0.5) is 4.39 Å². The van der Waals surface area contributed by atoms with E-state index in [-0.39, 0.29) is 0 Å². The van der Waals surface area contributed by atoms with Crippen LogP contribution >= 0.6 is 0 Å². The molecule has 1 aliphatic heterocycles. The second-order valence-corrected chi connectivity index (χ2v) is 2.88. The van der Waals surface area contributed by atoms with E-state index in [2.05, 4.69) is 5.32 Å². The second-order valence-electron chi connectivity index (χ2n) is 2.88. The fourth-order valence-corrected chi connectivity index (χ4v) is 1.28. The third-order valence-corrected chi connectivity index (χ3v) is 2.25. The molecule has 3 heteroatoms. The maximum Gasteiger partial charge on any atom is 0.141 e. The van der Waals surface area contributed by atoms with Crippen LogP contribution in [-0.2, 0) is 0 Å². The Hall–Kier alpha value is -0.150. The van der Waals surface area contributed by atoms with Crippen molar-refractivity contribution in [2.75, 3.05) is 13.1 Å². The van der Waals surface area contributed by atoms with Gasteiger partial charge >= 0.3 is 0 Å². The van der Waals surface area contributed by atoms with Gasteiger partial charge in [0.15, 0.2) is 0 Å². The fraction of sp³-hybridized carbons (Fsp3) is 1.00. The van der Waals surface area contributed by atoms with E-state index in [4.69, 9.17) is 0 Å². The van der Waals surface area contributed by atoms with Crippen molar-refractivity contribution in [1.82, 2.24) is 5.32 Å². The first kappa shape index (κ1) is 7.95. The summed E-state index contributed by atoms with van der Waals surface area (Å²) in [7, 11) is 0. The first-order valence-electron chi connectivity index (χ1n) is 3.76. The van der Waals surface area contributed by atoms with Crippen molar-refractivity contribution in [2.24, 2.45) is 0 Å². The summed E-state index contributed by atoms with van der Waals surface area (Å²) in [6.07, 6.45) is -0.0493. The minimum Gasteiger partial charge on any atom is -0.387 e. The third-order valence-electron chi connectivity index (χ3n) is 2.25. The molecule has 1 saturated heterocycles. The lowest BCUT2D eigenvalue weighted by Crippen LogP contribution is -2.51. The summed E-state index contributed by atoms with van der Waals surface area (Å²) in [6.45, 7) is 2.84. The van der Waals surface area contributed by atoms with Gasteiger partial charge in [-0.2, -0.15) is 0 Å². The summed E-state index contributed by atoms with van der Waals surface area (Å²) in [5, 5.41) is 12.4. The van der Waals surface area contributed by atoms with E-state index in [1.54, 1.807) is 0 Å². The summed E-state index contributed by atoms with van der Waals surface area (Å²) in [5.74, 6) is 0. The Morgan fingerprint density at radius 1 is 1.80 bits per heavy atom. The second kappa shape index (κ2) is 2.84. The molecule has 2 atom stereocenters. The van der Waals surface area contributed by atoms with Crippen LogP contribution < -0.4 is 5.32 Å². The summed E-state index contributed by atoms with van der Waals surface area (Å²) < 4.78 is 12.9. The molecule has 0 aromatic rings. The van der Waals surface area contributed by atoms with E-state index in [1.807, 2.05) is 6.92 Å². The molecule has 0 amide bonds. The maximum atomic E-state index is 12.9. The minimum atomic E-state index is -1.09. The molecule has 0 radical (unpaired) electrons. The van der Waals surface area contributed by atoms with Crippen LogP contribution in [0.1, 0.15) is 19.8 Å². The molecular formula is C7H14FNO. The lowest BCUT2D eigenvalue weighted by molar-refractivity contribution is -0.0575. The number of halogens is 1. The zero-order chi connectivity index (χ0) is 7.61. The number of hydrogen-bond donors (Lipinski definition) is 2. The van der Waals surface area contributed by atoms with Gasteiger partial charge in [-0.15, -0.1) is 0 Å². The normalized spacial score (nSPS) is 41.7. The minimum absolute atomic E-state index is 0.296. The summed E-state index contributed by atoms with van der Waals surface area (Å²) in [4.78, 5) is 0. The highest BCUT2D eigenvalue weighted by Gasteiger charge is 2.37. The zero-order valence-electron chi connectivity index (χ0n) is 6.23. The highest BCUT2D eigenvalue weighted by molar-refractivity contribution is 4.91. The van der Waals surface area contributed by atoms with E-state index in [1.165, 1.54) is 0 Å². The zero-order valence-corrected chi connectivity index (χ0v) is 6.23. The van der Waals surface area contributed by atoms with Crippen molar-refractivity contribution >= 4 is 0 Å². The van der Waals surface area contributed by atoms with Gasteiger partial charge in [0.25, 0.3) is 0 Å². The van der Waals surface area contributed by atoms with Crippen LogP contribution in [-0.4, -0.2) is 30.0 Å². The Morgan fingerprint density at radius 3 is 2.90 bits per heavy atom. The highest BCUT2D eigenvalue weighted by Crippen LogP contribution is 2.24. The SMILES string of the molecule is CC[C@]1(O)CCNC[C@H]1F. The molecule has 1 aliphatic rings. The van der Waals surface area contributed by atoms with Crippen molar-refractivity contribution in [3.8, 4) is 0 Å². The van der Waals surface area contributed by atoms with Gasteiger partial charge in [-0.25, -0.2) is 4.39 Å². The van der Waals surface area contributed by atoms with Crippen LogP contribution in [0, 0.1) is 0 Å². The van der Waals surface area contributed by atoms with Gasteiger partial charge in [0.1, 0.15) is 6.17 Å². The molecule has 0 saturated carbocycles. The Balaban J connectivity index is 2.54. The summed E-state index contributed by atoms with van der Waals surface area (Å²) in [6, 6.07) is 0. The van der Waals surface area contributed by atoms with Crippen molar-refractivity contribution in [2.45, 2.75) is 31.5 Å². The monoisotopic (exact) mass is 147 g/mol. The lowest BCUT2D eigenvalue weighted by Gasteiger charge is -2.34. The number of alkyl halides is 1. The maximum absolute atomic E-state index is 12.9. The first-order chi connectivity index (χ1) is 4.69. The van der Waals surface area contributed by atoms with E-state index in [0.717, 1.165) is 6.54 Å². The Kier molecular flexibility index (Phi) is 2.26. The number of piperidine rings is 1. The number of rotatable bonds is 1. The van der Waals surface area contributed by atoms with Gasteiger partial charge in [-0.05, 0) is 19.4 Å². The predicted molar refractivity (Wildman–Crippen MR) is 37.6 cm³/mol. The van der Waals surface area contributed by atoms with Gasteiger partial charge in [0.05, 0.1) is 5.60 Å². The quantitative estimate of drug-likeness (QED) is 0.564. The molecule has 1 heterocycles. The van der Waals surface area contributed by atoms with E-state index < -0.39 is 11.8 Å². The van der Waals surface area contributed by atoms with Crippen LogP contribution in [0.5, 0.6) is 0 Å². The van der Waals surface area contributed by atoms with E-state index >= 15 is 0 Å². The Bertz CT molecular complexity index is 120. The van der Waals surface area contributed by atoms with Crippen LogP contribution in [0.2, 0.25) is 0 Å². The fourth-order valence-electron chi connectivity index (χ4n) is 1.28. The average molecular weight is 147 g/mol. The molecule has 0 aromatic carbocycles. The molecule has 0 spiro atoms. The van der Waals surface area contributed by atoms with Gasteiger partial charge < -0.3 is 10.4 Å². The molecule has 0 aromatic heterocycles. The van der Waals surface area contributed by atoms with Crippen LogP contribution in [0.25, 0.3) is 0 Å². The van der Waals surface area contributed by atoms with Crippen molar-refractivity contribution in [3.05, 3.63) is 0 Å². The van der Waals surface area contributed by atoms with Crippen LogP contribution in [0.3, 0.4) is 0 Å².